The molecule has 0 bridgehead atoms. The Morgan fingerprint density at radius 2 is 1.65 bits per heavy atom. The van der Waals surface area contributed by atoms with Gasteiger partial charge in [0.15, 0.2) is 0 Å². The molecule has 1 aromatic heterocycles. The third kappa shape index (κ3) is 5.70. The average molecular weight is 477 g/mol. The second-order valence-electron chi connectivity index (χ2n) is 10.3. The Bertz CT molecular complexity index is 1210. The molecule has 0 atom stereocenters. The first-order valence-electron chi connectivity index (χ1n) is 11.7. The molecule has 1 heterocycles. The van der Waals surface area contributed by atoms with E-state index < -0.39 is 5.97 Å². The van der Waals surface area contributed by atoms with Gasteiger partial charge in [0.1, 0.15) is 0 Å². The number of nitrogens with two attached hydrogens (primary N) is 1. The summed E-state index contributed by atoms with van der Waals surface area (Å²) in [7, 11) is 0. The zero-order chi connectivity index (χ0) is 25.2. The molecule has 0 spiro atoms. The Balaban J connectivity index is 2.19. The molecule has 0 aliphatic heterocycles. The topological polar surface area (TPSA) is 76.2 Å². The van der Waals surface area contributed by atoms with Crippen molar-refractivity contribution in [3.63, 3.8) is 0 Å². The molecule has 0 saturated heterocycles. The number of carboxylic acids is 1. The summed E-state index contributed by atoms with van der Waals surface area (Å²) in [5.74, 6) is -0.280. The maximum absolute atomic E-state index is 11.9. The first kappa shape index (κ1) is 26.0. The number of carboxylic acid groups (broad SMARTS) is 1. The van der Waals surface area contributed by atoms with E-state index in [1.54, 1.807) is 17.8 Å². The van der Waals surface area contributed by atoms with Crippen LogP contribution in [0.25, 0.3) is 11.1 Å². The van der Waals surface area contributed by atoms with Crippen molar-refractivity contribution < 1.29 is 9.90 Å². The molecular weight excluding hydrogens is 440 g/mol. The van der Waals surface area contributed by atoms with Crippen LogP contribution in [0.2, 0.25) is 0 Å². The van der Waals surface area contributed by atoms with E-state index in [1.165, 1.54) is 5.56 Å². The van der Waals surface area contributed by atoms with Gasteiger partial charge in [0.2, 0.25) is 0 Å². The number of carbonyl (C=O) groups is 1. The fourth-order valence-corrected chi connectivity index (χ4v) is 5.58. The first-order chi connectivity index (χ1) is 15.9. The van der Waals surface area contributed by atoms with Gasteiger partial charge in [-0.3, -0.25) is 4.98 Å². The molecule has 0 aliphatic carbocycles. The van der Waals surface area contributed by atoms with E-state index in [2.05, 4.69) is 58.9 Å². The fraction of sp³-hybridized carbons (Fsp3) is 0.379. The van der Waals surface area contributed by atoms with Crippen LogP contribution in [0.3, 0.4) is 0 Å². The second-order valence-corrected chi connectivity index (χ2v) is 11.2. The second kappa shape index (κ2) is 10.3. The molecule has 3 rings (SSSR count). The summed E-state index contributed by atoms with van der Waals surface area (Å²) in [6.07, 6.45) is 0.840. The van der Waals surface area contributed by atoms with Gasteiger partial charge in [-0.25, -0.2) is 4.79 Å². The number of hydrogen-bond acceptors (Lipinski definition) is 4. The Labute approximate surface area is 208 Å². The number of pyridine rings is 1. The summed E-state index contributed by atoms with van der Waals surface area (Å²) in [5.41, 5.74) is 16.6. The van der Waals surface area contributed by atoms with Gasteiger partial charge in [-0.1, -0.05) is 56.7 Å². The number of benzene rings is 2. The minimum Gasteiger partial charge on any atom is -0.478 e. The lowest BCUT2D eigenvalue weighted by molar-refractivity contribution is 0.0693. The summed E-state index contributed by atoms with van der Waals surface area (Å²) in [5, 5.41) is 9.78. The largest absolute Gasteiger partial charge is 0.478 e. The minimum atomic E-state index is -0.901. The van der Waals surface area contributed by atoms with E-state index in [4.69, 9.17) is 10.7 Å². The first-order valence-corrected chi connectivity index (χ1v) is 12.7. The van der Waals surface area contributed by atoms with Gasteiger partial charge in [0.05, 0.1) is 5.56 Å². The standard InChI is InChI=1S/C29H36N2O2S/c1-17-8-11-21(12-9-17)26-23(15-30)25(14-29(5,6)7)31-20(4)24(26)16-34-27-19(3)18(2)10-13-22(27)28(32)33/h8-13H,14-16,30H2,1-7H3,(H,32,33). The van der Waals surface area contributed by atoms with E-state index in [1.807, 2.05) is 19.9 Å². The van der Waals surface area contributed by atoms with Gasteiger partial charge in [0.25, 0.3) is 0 Å². The Morgan fingerprint density at radius 3 is 2.21 bits per heavy atom. The maximum Gasteiger partial charge on any atom is 0.336 e. The smallest absolute Gasteiger partial charge is 0.336 e. The van der Waals surface area contributed by atoms with Crippen molar-refractivity contribution >= 4 is 17.7 Å². The Morgan fingerprint density at radius 1 is 1.00 bits per heavy atom. The molecule has 0 saturated carbocycles. The maximum atomic E-state index is 11.9. The predicted octanol–water partition coefficient (Wildman–Crippen LogP) is 7.02. The zero-order valence-electron chi connectivity index (χ0n) is 21.4. The molecule has 4 nitrogen and oxygen atoms in total. The van der Waals surface area contributed by atoms with Gasteiger partial charge in [-0.05, 0) is 79.0 Å². The van der Waals surface area contributed by atoms with Crippen molar-refractivity contribution in [3.05, 3.63) is 81.2 Å². The number of aryl methyl sites for hydroxylation is 3. The molecule has 3 N–H and O–H groups in total. The van der Waals surface area contributed by atoms with E-state index in [0.29, 0.717) is 17.9 Å². The highest BCUT2D eigenvalue weighted by molar-refractivity contribution is 7.98. The monoisotopic (exact) mass is 476 g/mol. The van der Waals surface area contributed by atoms with Gasteiger partial charge in [-0.2, -0.15) is 0 Å². The van der Waals surface area contributed by atoms with Crippen LogP contribution in [0.1, 0.15) is 70.3 Å². The molecular formula is C29H36N2O2S. The van der Waals surface area contributed by atoms with Crippen molar-refractivity contribution in [2.75, 3.05) is 0 Å². The van der Waals surface area contributed by atoms with E-state index in [0.717, 1.165) is 56.1 Å². The predicted molar refractivity (Wildman–Crippen MR) is 143 cm³/mol. The highest BCUT2D eigenvalue weighted by atomic mass is 32.2. The molecule has 0 amide bonds. The molecule has 0 fully saturated rings. The van der Waals surface area contributed by atoms with Gasteiger partial charge in [0, 0.05) is 28.6 Å². The van der Waals surface area contributed by atoms with Crippen LogP contribution < -0.4 is 5.73 Å². The van der Waals surface area contributed by atoms with Crippen LogP contribution in [0, 0.1) is 33.1 Å². The summed E-state index contributed by atoms with van der Waals surface area (Å²) in [6, 6.07) is 12.1. The Kier molecular flexibility index (Phi) is 7.89. The normalized spacial score (nSPS) is 11.6. The molecule has 34 heavy (non-hydrogen) atoms. The summed E-state index contributed by atoms with van der Waals surface area (Å²) < 4.78 is 0. The number of rotatable bonds is 7. The lowest BCUT2D eigenvalue weighted by atomic mass is 9.85. The quantitative estimate of drug-likeness (QED) is 0.358. The third-order valence-electron chi connectivity index (χ3n) is 6.20. The lowest BCUT2D eigenvalue weighted by Gasteiger charge is -2.24. The van der Waals surface area contributed by atoms with Crippen molar-refractivity contribution in [2.24, 2.45) is 11.1 Å². The summed E-state index contributed by atoms with van der Waals surface area (Å²) >= 11 is 1.57. The van der Waals surface area contributed by atoms with Gasteiger partial charge < -0.3 is 10.8 Å². The van der Waals surface area contributed by atoms with Crippen LogP contribution in [0.4, 0.5) is 0 Å². The SMILES string of the molecule is Cc1ccc(-c2c(CSc3c(C(=O)O)ccc(C)c3C)c(C)nc(CC(C)(C)C)c2CN)cc1. The van der Waals surface area contributed by atoms with Gasteiger partial charge in [-0.15, -0.1) is 11.8 Å². The molecule has 5 heteroatoms. The molecule has 2 aromatic carbocycles. The fourth-order valence-electron chi connectivity index (χ4n) is 4.25. The number of thioether (sulfide) groups is 1. The Hall–Kier alpha value is -2.63. The van der Waals surface area contributed by atoms with Crippen LogP contribution in [-0.2, 0) is 18.7 Å². The highest BCUT2D eigenvalue weighted by Gasteiger charge is 2.23. The molecule has 3 aromatic rings. The molecule has 180 valence electrons. The lowest BCUT2D eigenvalue weighted by Crippen LogP contribution is -2.17. The summed E-state index contributed by atoms with van der Waals surface area (Å²) in [4.78, 5) is 17.8. The molecule has 0 aliphatic rings. The number of aromatic nitrogens is 1. The van der Waals surface area contributed by atoms with Crippen LogP contribution in [-0.4, -0.2) is 16.1 Å². The molecule has 0 unspecified atom stereocenters. The van der Waals surface area contributed by atoms with Crippen LogP contribution in [0.5, 0.6) is 0 Å². The van der Waals surface area contributed by atoms with E-state index >= 15 is 0 Å². The van der Waals surface area contributed by atoms with E-state index in [-0.39, 0.29) is 5.41 Å². The number of hydrogen-bond donors (Lipinski definition) is 2. The number of aromatic carboxylic acids is 1. The molecule has 0 radical (unpaired) electrons. The van der Waals surface area contributed by atoms with Crippen molar-refractivity contribution in [1.29, 1.82) is 0 Å². The summed E-state index contributed by atoms with van der Waals surface area (Å²) in [6.45, 7) is 15.2. The van der Waals surface area contributed by atoms with Gasteiger partial charge >= 0.3 is 5.97 Å². The zero-order valence-corrected chi connectivity index (χ0v) is 22.2. The van der Waals surface area contributed by atoms with Crippen molar-refractivity contribution in [2.45, 2.75) is 72.1 Å². The minimum absolute atomic E-state index is 0.0826. The van der Waals surface area contributed by atoms with E-state index in [9.17, 15) is 9.90 Å². The van der Waals surface area contributed by atoms with Crippen molar-refractivity contribution in [1.82, 2.24) is 4.98 Å². The van der Waals surface area contributed by atoms with Crippen LogP contribution >= 0.6 is 11.8 Å². The van der Waals surface area contributed by atoms with Crippen LogP contribution in [0.15, 0.2) is 41.3 Å². The highest BCUT2D eigenvalue weighted by Crippen LogP contribution is 2.39. The average Bonchev–Trinajstić information content (AvgIpc) is 2.74. The third-order valence-corrected chi connectivity index (χ3v) is 7.45. The van der Waals surface area contributed by atoms with Crippen molar-refractivity contribution in [3.8, 4) is 11.1 Å². The number of nitrogens with zero attached hydrogens (tertiary/aromatic N) is 1.